The van der Waals surface area contributed by atoms with Crippen molar-refractivity contribution in [1.82, 2.24) is 14.5 Å². The van der Waals surface area contributed by atoms with Gasteiger partial charge in [-0.1, -0.05) is 0 Å². The molecule has 10 heteroatoms. The predicted octanol–water partition coefficient (Wildman–Crippen LogP) is 2.57. The average Bonchev–Trinajstić information content (AvgIpc) is 3.13. The zero-order valence-electron chi connectivity index (χ0n) is 16.5. The van der Waals surface area contributed by atoms with Crippen LogP contribution in [0.2, 0.25) is 0 Å². The molecule has 3 N–H and O–H groups in total. The van der Waals surface area contributed by atoms with Gasteiger partial charge in [0.2, 0.25) is 0 Å². The number of nitro groups is 1. The molecule has 0 unspecified atom stereocenters. The number of aromatic nitrogens is 3. The van der Waals surface area contributed by atoms with E-state index in [0.717, 1.165) is 0 Å². The summed E-state index contributed by atoms with van der Waals surface area (Å²) >= 11 is 0. The summed E-state index contributed by atoms with van der Waals surface area (Å²) in [5.41, 5.74) is 7.85. The highest BCUT2D eigenvalue weighted by Crippen LogP contribution is 2.35. The lowest BCUT2D eigenvalue weighted by Crippen LogP contribution is -2.16. The Balaban J connectivity index is 1.71. The third-order valence-corrected chi connectivity index (χ3v) is 5.29. The van der Waals surface area contributed by atoms with Gasteiger partial charge in [-0.05, 0) is 19.0 Å². The number of non-ortho nitro benzene ring substituents is 1. The molecule has 10 nitrogen and oxygen atoms in total. The summed E-state index contributed by atoms with van der Waals surface area (Å²) in [7, 11) is 0. The van der Waals surface area contributed by atoms with Crippen LogP contribution >= 0.6 is 0 Å². The molecule has 0 atom stereocenters. The molecule has 0 saturated carbocycles. The Morgan fingerprint density at radius 1 is 1.19 bits per heavy atom. The SMILES string of the molecule is NCCCn1cc(-c2nc3cc4c(cc3[nH]c2=O)OCCO4)c2ccc([N+](=O)[O-])cc21. The summed E-state index contributed by atoms with van der Waals surface area (Å²) < 4.78 is 13.1. The predicted molar refractivity (Wildman–Crippen MR) is 115 cm³/mol. The molecule has 0 saturated heterocycles. The number of hydrogen-bond donors (Lipinski definition) is 2. The van der Waals surface area contributed by atoms with Crippen molar-refractivity contribution in [3.63, 3.8) is 0 Å². The fourth-order valence-electron chi connectivity index (χ4n) is 3.84. The van der Waals surface area contributed by atoms with Crippen LogP contribution in [0.3, 0.4) is 0 Å². The van der Waals surface area contributed by atoms with E-state index in [9.17, 15) is 14.9 Å². The normalized spacial score (nSPS) is 13.1. The number of ether oxygens (including phenoxy) is 2. The summed E-state index contributed by atoms with van der Waals surface area (Å²) in [6.45, 7) is 1.94. The fourth-order valence-corrected chi connectivity index (χ4v) is 3.84. The molecule has 0 amide bonds. The number of aryl methyl sites for hydroxylation is 1. The van der Waals surface area contributed by atoms with E-state index in [1.54, 1.807) is 24.4 Å². The van der Waals surface area contributed by atoms with Crippen LogP contribution in [0.4, 0.5) is 5.69 Å². The first-order valence-electron chi connectivity index (χ1n) is 9.86. The number of nitrogens with zero attached hydrogens (tertiary/aromatic N) is 3. The maximum Gasteiger partial charge on any atom is 0.275 e. The highest BCUT2D eigenvalue weighted by molar-refractivity contribution is 5.97. The highest BCUT2D eigenvalue weighted by Gasteiger charge is 2.20. The second kappa shape index (κ2) is 7.40. The van der Waals surface area contributed by atoms with Gasteiger partial charge in [-0.25, -0.2) is 4.98 Å². The number of H-pyrrole nitrogens is 1. The molecule has 4 aromatic rings. The molecular formula is C21H19N5O5. The monoisotopic (exact) mass is 421 g/mol. The van der Waals surface area contributed by atoms with Gasteiger partial charge in [-0.15, -0.1) is 0 Å². The largest absolute Gasteiger partial charge is 0.486 e. The number of aromatic amines is 1. The minimum absolute atomic E-state index is 0.0182. The first-order valence-corrected chi connectivity index (χ1v) is 9.86. The highest BCUT2D eigenvalue weighted by atomic mass is 16.6. The van der Waals surface area contributed by atoms with Crippen molar-refractivity contribution in [2.24, 2.45) is 5.73 Å². The van der Waals surface area contributed by atoms with Crippen LogP contribution in [-0.2, 0) is 6.54 Å². The Labute approximate surface area is 175 Å². The lowest BCUT2D eigenvalue weighted by Gasteiger charge is -2.18. The van der Waals surface area contributed by atoms with Gasteiger partial charge in [0.25, 0.3) is 11.2 Å². The number of fused-ring (bicyclic) bond motifs is 3. The van der Waals surface area contributed by atoms with Gasteiger partial charge in [0.15, 0.2) is 11.5 Å². The van der Waals surface area contributed by atoms with Gasteiger partial charge in [-0.2, -0.15) is 0 Å². The van der Waals surface area contributed by atoms with Crippen LogP contribution in [0.1, 0.15) is 6.42 Å². The van der Waals surface area contributed by atoms with Gasteiger partial charge in [-0.3, -0.25) is 14.9 Å². The molecule has 31 heavy (non-hydrogen) atoms. The smallest absolute Gasteiger partial charge is 0.275 e. The van der Waals surface area contributed by atoms with Crippen molar-refractivity contribution < 1.29 is 14.4 Å². The maximum atomic E-state index is 12.9. The van der Waals surface area contributed by atoms with E-state index < -0.39 is 4.92 Å². The number of nitro benzene ring substituents is 1. The molecule has 5 rings (SSSR count). The lowest BCUT2D eigenvalue weighted by atomic mass is 10.1. The molecule has 2 aromatic carbocycles. The molecular weight excluding hydrogens is 402 g/mol. The Bertz CT molecular complexity index is 1390. The molecule has 0 radical (unpaired) electrons. The first-order chi connectivity index (χ1) is 15.0. The van der Waals surface area contributed by atoms with E-state index in [1.807, 2.05) is 4.57 Å². The van der Waals surface area contributed by atoms with Gasteiger partial charge >= 0.3 is 0 Å². The standard InChI is InChI=1S/C21H19N5O5/c22-4-1-5-25-11-14(13-3-2-12(26(28)29)8-17(13)25)20-21(27)24-16-10-19-18(9-15(16)23-20)30-6-7-31-19/h2-3,8-11H,1,4-7,22H2,(H,24,27). The van der Waals surface area contributed by atoms with Crippen LogP contribution < -0.4 is 20.8 Å². The van der Waals surface area contributed by atoms with Crippen molar-refractivity contribution in [3.05, 3.63) is 57.0 Å². The molecule has 1 aliphatic rings. The maximum absolute atomic E-state index is 12.9. The van der Waals surface area contributed by atoms with Gasteiger partial charge in [0, 0.05) is 48.0 Å². The summed E-state index contributed by atoms with van der Waals surface area (Å²) in [5, 5.41) is 12.0. The van der Waals surface area contributed by atoms with Gasteiger partial charge in [0.05, 0.1) is 21.5 Å². The first kappa shape index (κ1) is 19.1. The number of benzene rings is 2. The summed E-state index contributed by atoms with van der Waals surface area (Å²) in [6, 6.07) is 8.02. The summed E-state index contributed by atoms with van der Waals surface area (Å²) in [4.78, 5) is 31.2. The molecule has 1 aliphatic heterocycles. The second-order valence-electron chi connectivity index (χ2n) is 7.26. The van der Waals surface area contributed by atoms with E-state index >= 15 is 0 Å². The summed E-state index contributed by atoms with van der Waals surface area (Å²) in [6.07, 6.45) is 2.49. The average molecular weight is 421 g/mol. The van der Waals surface area contributed by atoms with Crippen molar-refractivity contribution in [2.75, 3.05) is 19.8 Å². The molecule has 0 spiro atoms. The minimum Gasteiger partial charge on any atom is -0.486 e. The van der Waals surface area contributed by atoms with Crippen LogP contribution in [0.5, 0.6) is 11.5 Å². The van der Waals surface area contributed by atoms with E-state index in [2.05, 4.69) is 9.97 Å². The minimum atomic E-state index is -0.439. The molecule has 0 bridgehead atoms. The molecule has 0 aliphatic carbocycles. The third kappa shape index (κ3) is 3.26. The second-order valence-corrected chi connectivity index (χ2v) is 7.26. The molecule has 3 heterocycles. The van der Waals surface area contributed by atoms with E-state index in [-0.39, 0.29) is 16.9 Å². The Kier molecular flexibility index (Phi) is 4.55. The van der Waals surface area contributed by atoms with Crippen LogP contribution in [0.25, 0.3) is 33.2 Å². The van der Waals surface area contributed by atoms with Crippen LogP contribution in [0, 0.1) is 10.1 Å². The molecule has 158 valence electrons. The third-order valence-electron chi connectivity index (χ3n) is 5.29. The van der Waals surface area contributed by atoms with Gasteiger partial charge < -0.3 is 24.8 Å². The van der Waals surface area contributed by atoms with Crippen LogP contribution in [0.15, 0.2) is 41.3 Å². The van der Waals surface area contributed by atoms with E-state index in [4.69, 9.17) is 15.2 Å². The zero-order valence-corrected chi connectivity index (χ0v) is 16.5. The zero-order chi connectivity index (χ0) is 21.5. The fraction of sp³-hybridized carbons (Fsp3) is 0.238. The van der Waals surface area contributed by atoms with Crippen molar-refractivity contribution in [3.8, 4) is 22.8 Å². The molecule has 0 fully saturated rings. The van der Waals surface area contributed by atoms with E-state index in [1.165, 1.54) is 12.1 Å². The Hall–Kier alpha value is -3.92. The lowest BCUT2D eigenvalue weighted by molar-refractivity contribution is -0.384. The Morgan fingerprint density at radius 2 is 1.97 bits per heavy atom. The quantitative estimate of drug-likeness (QED) is 0.373. The van der Waals surface area contributed by atoms with E-state index in [0.29, 0.717) is 71.7 Å². The van der Waals surface area contributed by atoms with Crippen molar-refractivity contribution >= 4 is 27.6 Å². The number of nitrogens with one attached hydrogen (secondary N) is 1. The van der Waals surface area contributed by atoms with Crippen LogP contribution in [-0.4, -0.2) is 39.2 Å². The Morgan fingerprint density at radius 3 is 2.71 bits per heavy atom. The number of nitrogens with two attached hydrogens (primary N) is 1. The topological polar surface area (TPSA) is 138 Å². The van der Waals surface area contributed by atoms with Crippen molar-refractivity contribution in [1.29, 1.82) is 0 Å². The molecule has 2 aromatic heterocycles. The number of hydrogen-bond acceptors (Lipinski definition) is 7. The van der Waals surface area contributed by atoms with Gasteiger partial charge in [0.1, 0.15) is 18.9 Å². The number of rotatable bonds is 5. The summed E-state index contributed by atoms with van der Waals surface area (Å²) in [5.74, 6) is 1.14. The van der Waals surface area contributed by atoms with Crippen molar-refractivity contribution in [2.45, 2.75) is 13.0 Å².